The largest absolute Gasteiger partial charge is 0.454 e. The number of alkyl halides is 6. The minimum Gasteiger partial charge on any atom is -0.350 e. The average molecular weight is 182 g/mol. The quantitative estimate of drug-likeness (QED) is 0.613. The first kappa shape index (κ1) is 10.5. The van der Waals surface area contributed by atoms with Gasteiger partial charge in [-0.05, 0) is 0 Å². The van der Waals surface area contributed by atoms with Crippen LogP contribution in [0.3, 0.4) is 0 Å². The Morgan fingerprint density at radius 2 is 1.18 bits per heavy atom. The summed E-state index contributed by atoms with van der Waals surface area (Å²) in [5.41, 5.74) is 0. The van der Waals surface area contributed by atoms with Gasteiger partial charge >= 0.3 is 18.0 Å². The predicted molar refractivity (Wildman–Crippen MR) is 22.7 cm³/mol. The Balaban J connectivity index is 4.75. The molecule has 0 bridgehead atoms. The number of halogens is 6. The van der Waals surface area contributed by atoms with Crippen LogP contribution in [-0.4, -0.2) is 23.1 Å². The molecular weight excluding hydrogens is 178 g/mol. The third-order valence-electron chi connectivity index (χ3n) is 0.957. The van der Waals surface area contributed by atoms with E-state index in [1.807, 2.05) is 0 Å². The van der Waals surface area contributed by atoms with Gasteiger partial charge in [0.1, 0.15) is 0 Å². The molecule has 0 fully saturated rings. The van der Waals surface area contributed by atoms with Gasteiger partial charge in [0, 0.05) is 6.92 Å². The lowest BCUT2D eigenvalue weighted by atomic mass is 10.2. The van der Waals surface area contributed by atoms with Crippen molar-refractivity contribution in [2.24, 2.45) is 0 Å². The zero-order chi connectivity index (χ0) is 9.50. The molecule has 0 aromatic carbocycles. The molecule has 68 valence electrons. The lowest BCUT2D eigenvalue weighted by Gasteiger charge is -2.26. The normalized spacial score (nSPS) is 19.6. The molecule has 1 nitrogen and oxygen atoms in total. The van der Waals surface area contributed by atoms with Gasteiger partial charge in [-0.1, -0.05) is 0 Å². The van der Waals surface area contributed by atoms with E-state index < -0.39 is 18.0 Å². The highest BCUT2D eigenvalue weighted by Crippen LogP contribution is 2.42. The van der Waals surface area contributed by atoms with E-state index in [9.17, 15) is 26.3 Å². The fraction of sp³-hybridized carbons (Fsp3) is 1.00. The maximum absolute atomic E-state index is 11.8. The zero-order valence-electron chi connectivity index (χ0n) is 5.22. The molecule has 0 saturated heterocycles. The first-order valence-electron chi connectivity index (χ1n) is 2.36. The van der Waals surface area contributed by atoms with Gasteiger partial charge in [0.15, 0.2) is 0 Å². The second kappa shape index (κ2) is 2.26. The van der Waals surface area contributed by atoms with Crippen LogP contribution < -0.4 is 0 Å². The lowest BCUT2D eigenvalue weighted by Crippen LogP contribution is -2.53. The van der Waals surface area contributed by atoms with Crippen LogP contribution in [0.15, 0.2) is 0 Å². The van der Waals surface area contributed by atoms with Crippen molar-refractivity contribution in [2.75, 3.05) is 0 Å². The van der Waals surface area contributed by atoms with Crippen LogP contribution in [-0.2, 0) is 0 Å². The molecule has 0 heterocycles. The minimum absolute atomic E-state index is 0.361. The van der Waals surface area contributed by atoms with E-state index in [4.69, 9.17) is 5.11 Å². The Hall–Kier alpha value is -0.460. The molecule has 11 heavy (non-hydrogen) atoms. The van der Waals surface area contributed by atoms with Crippen LogP contribution in [0.25, 0.3) is 0 Å². The number of hydrogen-bond donors (Lipinski definition) is 1. The van der Waals surface area contributed by atoms with E-state index in [1.54, 1.807) is 0 Å². The van der Waals surface area contributed by atoms with Gasteiger partial charge in [0.05, 0.1) is 0 Å². The number of rotatable bonds is 1. The highest BCUT2D eigenvalue weighted by Gasteiger charge is 2.68. The van der Waals surface area contributed by atoms with Gasteiger partial charge in [-0.25, -0.2) is 8.78 Å². The summed E-state index contributed by atoms with van der Waals surface area (Å²) in [7, 11) is 0. The van der Waals surface area contributed by atoms with Crippen LogP contribution in [0.4, 0.5) is 26.3 Å². The standard InChI is InChI=1S/C4H4F6O/c1-2(5,6)3(7,11)4(8,9)10/h11H,1H3. The van der Waals surface area contributed by atoms with E-state index in [0.717, 1.165) is 0 Å². The molecule has 0 aliphatic carbocycles. The fourth-order valence-electron chi connectivity index (χ4n) is 0.249. The van der Waals surface area contributed by atoms with Crippen LogP contribution in [0, 0.1) is 0 Å². The summed E-state index contributed by atoms with van der Waals surface area (Å²) in [6.45, 7) is -0.361. The van der Waals surface area contributed by atoms with E-state index in [-0.39, 0.29) is 6.92 Å². The summed E-state index contributed by atoms with van der Waals surface area (Å²) in [5.74, 6) is -10.3. The predicted octanol–water partition coefficient (Wildman–Crippen LogP) is 1.86. The van der Waals surface area contributed by atoms with Crippen molar-refractivity contribution in [3.8, 4) is 0 Å². The molecule has 0 aliphatic rings. The second-order valence-corrected chi connectivity index (χ2v) is 2.01. The van der Waals surface area contributed by atoms with Crippen molar-refractivity contribution in [3.63, 3.8) is 0 Å². The minimum atomic E-state index is -5.98. The summed E-state index contributed by atoms with van der Waals surface area (Å²) in [6, 6.07) is 0. The number of hydrogen-bond acceptors (Lipinski definition) is 1. The summed E-state index contributed by atoms with van der Waals surface area (Å²) in [6.07, 6.45) is -5.98. The summed E-state index contributed by atoms with van der Waals surface area (Å²) < 4.78 is 68.8. The van der Waals surface area contributed by atoms with Crippen LogP contribution in [0.1, 0.15) is 6.92 Å². The Bertz CT molecular complexity index is 126. The van der Waals surface area contributed by atoms with E-state index in [0.29, 0.717) is 0 Å². The Morgan fingerprint density at radius 1 is 0.909 bits per heavy atom. The average Bonchev–Trinajstić information content (AvgIpc) is 1.58. The number of aliphatic hydroxyl groups is 1. The molecule has 1 atom stereocenters. The maximum Gasteiger partial charge on any atom is 0.454 e. The van der Waals surface area contributed by atoms with Gasteiger partial charge in [0.25, 0.3) is 0 Å². The van der Waals surface area contributed by atoms with Crippen molar-refractivity contribution in [3.05, 3.63) is 0 Å². The van der Waals surface area contributed by atoms with E-state index in [2.05, 4.69) is 0 Å². The molecule has 1 unspecified atom stereocenters. The SMILES string of the molecule is CC(F)(F)C(O)(F)C(F)(F)F. The third-order valence-corrected chi connectivity index (χ3v) is 0.957. The zero-order valence-corrected chi connectivity index (χ0v) is 5.22. The Kier molecular flexibility index (Phi) is 2.17. The Labute approximate surface area is 57.6 Å². The summed E-state index contributed by atoms with van der Waals surface area (Å²) >= 11 is 0. The van der Waals surface area contributed by atoms with Crippen LogP contribution in [0.2, 0.25) is 0 Å². The van der Waals surface area contributed by atoms with Crippen molar-refractivity contribution < 1.29 is 31.4 Å². The lowest BCUT2D eigenvalue weighted by molar-refractivity contribution is -0.380. The smallest absolute Gasteiger partial charge is 0.350 e. The molecule has 0 radical (unpaired) electrons. The monoisotopic (exact) mass is 182 g/mol. The van der Waals surface area contributed by atoms with Gasteiger partial charge < -0.3 is 5.11 Å². The highest BCUT2D eigenvalue weighted by atomic mass is 19.4. The molecule has 0 aromatic rings. The second-order valence-electron chi connectivity index (χ2n) is 2.01. The van der Waals surface area contributed by atoms with E-state index in [1.165, 1.54) is 0 Å². The van der Waals surface area contributed by atoms with Crippen molar-refractivity contribution >= 4 is 0 Å². The van der Waals surface area contributed by atoms with Crippen molar-refractivity contribution in [1.29, 1.82) is 0 Å². The molecule has 0 saturated carbocycles. The van der Waals surface area contributed by atoms with Gasteiger partial charge in [-0.2, -0.15) is 17.6 Å². The summed E-state index contributed by atoms with van der Waals surface area (Å²) in [4.78, 5) is 0. The van der Waals surface area contributed by atoms with E-state index >= 15 is 0 Å². The molecule has 0 aliphatic heterocycles. The van der Waals surface area contributed by atoms with Crippen molar-refractivity contribution in [2.45, 2.75) is 24.9 Å². The molecular formula is C4H4F6O. The molecule has 0 spiro atoms. The maximum atomic E-state index is 11.8. The molecule has 7 heteroatoms. The molecule has 0 rings (SSSR count). The van der Waals surface area contributed by atoms with Gasteiger partial charge in [-0.3, -0.25) is 0 Å². The van der Waals surface area contributed by atoms with Gasteiger partial charge in [0.2, 0.25) is 0 Å². The first-order valence-corrected chi connectivity index (χ1v) is 2.36. The highest BCUT2D eigenvalue weighted by molar-refractivity contribution is 4.86. The topological polar surface area (TPSA) is 20.2 Å². The molecule has 0 amide bonds. The summed E-state index contributed by atoms with van der Waals surface area (Å²) in [5, 5.41) is 7.65. The fourth-order valence-corrected chi connectivity index (χ4v) is 0.249. The Morgan fingerprint density at radius 3 is 1.18 bits per heavy atom. The first-order chi connectivity index (χ1) is 4.50. The molecule has 1 N–H and O–H groups in total. The third kappa shape index (κ3) is 1.76. The van der Waals surface area contributed by atoms with Crippen LogP contribution in [0.5, 0.6) is 0 Å². The van der Waals surface area contributed by atoms with Crippen LogP contribution >= 0.6 is 0 Å². The van der Waals surface area contributed by atoms with Crippen molar-refractivity contribution in [1.82, 2.24) is 0 Å². The van der Waals surface area contributed by atoms with Gasteiger partial charge in [-0.15, -0.1) is 0 Å². The molecule has 0 aromatic heterocycles.